The number of hydrogen-bond acceptors (Lipinski definition) is 0. The van der Waals surface area contributed by atoms with Crippen molar-refractivity contribution in [3.05, 3.63) is 106 Å². The van der Waals surface area contributed by atoms with Gasteiger partial charge in [0.2, 0.25) is 0 Å². The third-order valence-corrected chi connectivity index (χ3v) is 9.26. The van der Waals surface area contributed by atoms with Crippen LogP contribution in [0, 0.1) is 5.92 Å². The Morgan fingerprint density at radius 3 is 1.45 bits per heavy atom. The number of rotatable bonds is 3. The van der Waals surface area contributed by atoms with Crippen LogP contribution in [0.4, 0.5) is 0 Å². The van der Waals surface area contributed by atoms with Crippen molar-refractivity contribution in [1.82, 2.24) is 0 Å². The van der Waals surface area contributed by atoms with Crippen LogP contribution in [-0.2, 0) is 22.7 Å². The van der Waals surface area contributed by atoms with Crippen LogP contribution in [0.1, 0.15) is 95.7 Å². The fourth-order valence-electron chi connectivity index (χ4n) is 6.95. The summed E-state index contributed by atoms with van der Waals surface area (Å²) in [5, 5.41) is 0. The summed E-state index contributed by atoms with van der Waals surface area (Å²) in [5.41, 5.74) is 17.0. The summed E-state index contributed by atoms with van der Waals surface area (Å²) in [5.74, 6) is 0.668. The molecule has 0 nitrogen and oxygen atoms in total. The predicted octanol–water partition coefficient (Wildman–Crippen LogP) is 10.5. The molecule has 6 rings (SSSR count). The molecule has 0 heteroatoms. The molecule has 0 radical (unpaired) electrons. The minimum Gasteiger partial charge on any atom is -0.0625 e. The van der Waals surface area contributed by atoms with E-state index in [0.29, 0.717) is 5.92 Å². The SMILES string of the molecule is CC(C)Cc1ccc2c(c1)C(C)(C)c1cc(-c3ccc4c(c3)C(C)(C)c3cc(C(C)(C)C)ccc3-4)ccc1-2. The molecule has 4 aromatic rings. The van der Waals surface area contributed by atoms with Crippen molar-refractivity contribution < 1.29 is 0 Å². The first kappa shape index (κ1) is 25.2. The first-order valence-corrected chi connectivity index (χ1v) is 14.4. The Bertz CT molecular complexity index is 1580. The molecule has 194 valence electrons. The maximum atomic E-state index is 2.47. The molecule has 0 bridgehead atoms. The molecule has 0 saturated carbocycles. The third-order valence-electron chi connectivity index (χ3n) is 9.26. The molecule has 0 atom stereocenters. The molecule has 0 aliphatic heterocycles. The molecular formula is C38H42. The summed E-state index contributed by atoms with van der Waals surface area (Å²) in [6, 6.07) is 28.6. The highest BCUT2D eigenvalue weighted by Gasteiger charge is 2.38. The van der Waals surface area contributed by atoms with Crippen LogP contribution in [0.15, 0.2) is 72.8 Å². The van der Waals surface area contributed by atoms with Gasteiger partial charge in [-0.25, -0.2) is 0 Å². The molecule has 2 aliphatic carbocycles. The lowest BCUT2D eigenvalue weighted by atomic mass is 9.78. The highest BCUT2D eigenvalue weighted by atomic mass is 14.4. The van der Waals surface area contributed by atoms with E-state index in [2.05, 4.69) is 135 Å². The molecule has 4 aromatic carbocycles. The van der Waals surface area contributed by atoms with Crippen molar-refractivity contribution in [2.75, 3.05) is 0 Å². The van der Waals surface area contributed by atoms with E-state index in [1.165, 1.54) is 66.8 Å². The van der Waals surface area contributed by atoms with Gasteiger partial charge in [-0.3, -0.25) is 0 Å². The van der Waals surface area contributed by atoms with Crippen LogP contribution < -0.4 is 0 Å². The van der Waals surface area contributed by atoms with Gasteiger partial charge < -0.3 is 0 Å². The average molecular weight is 499 g/mol. The Labute approximate surface area is 230 Å². The van der Waals surface area contributed by atoms with E-state index in [4.69, 9.17) is 0 Å². The van der Waals surface area contributed by atoms with E-state index in [-0.39, 0.29) is 16.2 Å². The lowest BCUT2D eigenvalue weighted by Gasteiger charge is -2.25. The molecule has 0 heterocycles. The molecule has 0 spiro atoms. The summed E-state index contributed by atoms with van der Waals surface area (Å²) in [6.07, 6.45) is 1.13. The van der Waals surface area contributed by atoms with Crippen LogP contribution in [0.5, 0.6) is 0 Å². The highest BCUT2D eigenvalue weighted by molar-refractivity contribution is 5.86. The van der Waals surface area contributed by atoms with Gasteiger partial charge >= 0.3 is 0 Å². The minimum absolute atomic E-state index is 0.00323. The average Bonchev–Trinajstić information content (AvgIpc) is 3.22. The molecular weight excluding hydrogens is 456 g/mol. The van der Waals surface area contributed by atoms with Gasteiger partial charge in [0.25, 0.3) is 0 Å². The number of hydrogen-bond donors (Lipinski definition) is 0. The van der Waals surface area contributed by atoms with Crippen LogP contribution in [0.25, 0.3) is 33.4 Å². The Balaban J connectivity index is 1.41. The van der Waals surface area contributed by atoms with Gasteiger partial charge in [-0.2, -0.15) is 0 Å². The van der Waals surface area contributed by atoms with Crippen LogP contribution >= 0.6 is 0 Å². The van der Waals surface area contributed by atoms with E-state index < -0.39 is 0 Å². The summed E-state index contributed by atoms with van der Waals surface area (Å²) in [4.78, 5) is 0. The quantitative estimate of drug-likeness (QED) is 0.263. The standard InChI is InChI=1S/C38H42/c1-23(2)18-24-10-14-28-29-15-11-25(20-33(29)37(6,7)32(28)19-24)26-12-16-30-31-17-13-27(36(3,4)5)22-35(31)38(8,9)34(30)21-26/h10-17,19-23H,18H2,1-9H3. The Hall–Kier alpha value is -3.12. The van der Waals surface area contributed by atoms with Gasteiger partial charge in [-0.05, 0) is 96.6 Å². The van der Waals surface area contributed by atoms with Crippen LogP contribution in [0.3, 0.4) is 0 Å². The number of fused-ring (bicyclic) bond motifs is 6. The van der Waals surface area contributed by atoms with Crippen LogP contribution in [0.2, 0.25) is 0 Å². The largest absolute Gasteiger partial charge is 0.0625 e. The van der Waals surface area contributed by atoms with Gasteiger partial charge in [-0.15, -0.1) is 0 Å². The van der Waals surface area contributed by atoms with Crippen LogP contribution in [-0.4, -0.2) is 0 Å². The molecule has 0 unspecified atom stereocenters. The van der Waals surface area contributed by atoms with Gasteiger partial charge in [0.05, 0.1) is 0 Å². The fourth-order valence-corrected chi connectivity index (χ4v) is 6.95. The second-order valence-electron chi connectivity index (χ2n) is 14.3. The van der Waals surface area contributed by atoms with Gasteiger partial charge in [0.15, 0.2) is 0 Å². The third kappa shape index (κ3) is 3.71. The van der Waals surface area contributed by atoms with Crippen molar-refractivity contribution in [2.45, 2.75) is 85.0 Å². The molecule has 0 amide bonds. The lowest BCUT2D eigenvalue weighted by Crippen LogP contribution is -2.17. The summed E-state index contributed by atoms with van der Waals surface area (Å²) in [6.45, 7) is 21.1. The Morgan fingerprint density at radius 2 is 0.974 bits per heavy atom. The first-order chi connectivity index (χ1) is 17.8. The number of benzene rings is 4. The predicted molar refractivity (Wildman–Crippen MR) is 164 cm³/mol. The second kappa shape index (κ2) is 8.19. The maximum absolute atomic E-state index is 2.47. The Kier molecular flexibility index (Phi) is 5.42. The first-order valence-electron chi connectivity index (χ1n) is 14.4. The van der Waals surface area contributed by atoms with Crippen molar-refractivity contribution in [2.24, 2.45) is 5.92 Å². The highest BCUT2D eigenvalue weighted by Crippen LogP contribution is 2.52. The summed E-state index contributed by atoms with van der Waals surface area (Å²) in [7, 11) is 0. The van der Waals surface area contributed by atoms with Crippen molar-refractivity contribution in [3.8, 4) is 33.4 Å². The molecule has 0 N–H and O–H groups in total. The molecule has 38 heavy (non-hydrogen) atoms. The molecule has 2 aliphatic rings. The monoisotopic (exact) mass is 498 g/mol. The zero-order chi connectivity index (χ0) is 27.2. The zero-order valence-electron chi connectivity index (χ0n) is 24.7. The molecule has 0 saturated heterocycles. The normalized spacial score (nSPS) is 16.3. The summed E-state index contributed by atoms with van der Waals surface area (Å²) >= 11 is 0. The van der Waals surface area contributed by atoms with Crippen molar-refractivity contribution in [3.63, 3.8) is 0 Å². The van der Waals surface area contributed by atoms with E-state index in [9.17, 15) is 0 Å². The summed E-state index contributed by atoms with van der Waals surface area (Å²) < 4.78 is 0. The van der Waals surface area contributed by atoms with Crippen molar-refractivity contribution >= 4 is 0 Å². The van der Waals surface area contributed by atoms with Crippen molar-refractivity contribution in [1.29, 1.82) is 0 Å². The fraction of sp³-hybridized carbons (Fsp3) is 0.368. The topological polar surface area (TPSA) is 0 Å². The minimum atomic E-state index is -0.0129. The van der Waals surface area contributed by atoms with E-state index in [0.717, 1.165) is 6.42 Å². The Morgan fingerprint density at radius 1 is 0.553 bits per heavy atom. The van der Waals surface area contributed by atoms with Gasteiger partial charge in [0, 0.05) is 10.8 Å². The second-order valence-corrected chi connectivity index (χ2v) is 14.3. The molecule has 0 aromatic heterocycles. The smallest absolute Gasteiger partial charge is 0.0159 e. The maximum Gasteiger partial charge on any atom is 0.0159 e. The van der Waals surface area contributed by atoms with Gasteiger partial charge in [-0.1, -0.05) is 123 Å². The van der Waals surface area contributed by atoms with E-state index in [1.54, 1.807) is 0 Å². The van der Waals surface area contributed by atoms with E-state index in [1.807, 2.05) is 0 Å². The van der Waals surface area contributed by atoms with Gasteiger partial charge in [0.1, 0.15) is 0 Å². The lowest BCUT2D eigenvalue weighted by molar-refractivity contribution is 0.584. The van der Waals surface area contributed by atoms with E-state index >= 15 is 0 Å². The molecule has 0 fully saturated rings. The zero-order valence-corrected chi connectivity index (χ0v) is 24.7.